The van der Waals surface area contributed by atoms with Gasteiger partial charge in [0.05, 0.1) is 0 Å². The molecule has 58 valence electrons. The van der Waals surface area contributed by atoms with Crippen LogP contribution in [-0.4, -0.2) is 5.78 Å². The zero-order valence-electron chi connectivity index (χ0n) is 7.32. The van der Waals surface area contributed by atoms with Crippen LogP contribution < -0.4 is 0 Å². The van der Waals surface area contributed by atoms with E-state index < -0.39 is 0 Å². The predicted molar refractivity (Wildman–Crippen MR) is 44.0 cm³/mol. The molecule has 0 amide bonds. The van der Waals surface area contributed by atoms with E-state index in [1.807, 2.05) is 20.8 Å². The van der Waals surface area contributed by atoms with Crippen molar-refractivity contribution >= 4 is 5.78 Å². The number of rotatable bonds is 3. The largest absolute Gasteiger partial charge is 0.295 e. The van der Waals surface area contributed by atoms with E-state index in [4.69, 9.17) is 0 Å². The first-order valence-electron chi connectivity index (χ1n) is 3.83. The Bertz CT molecular complexity index is 154. The Hall–Kier alpha value is -0.590. The molecule has 0 unspecified atom stereocenters. The topological polar surface area (TPSA) is 17.1 Å². The molecule has 0 radical (unpaired) electrons. The van der Waals surface area contributed by atoms with Crippen LogP contribution in [0.1, 0.15) is 40.5 Å². The van der Waals surface area contributed by atoms with Gasteiger partial charge in [-0.25, -0.2) is 0 Å². The molecule has 0 saturated heterocycles. The zero-order valence-corrected chi connectivity index (χ0v) is 7.32. The molecule has 0 aromatic carbocycles. The second-order valence-electron chi connectivity index (χ2n) is 2.54. The summed E-state index contributed by atoms with van der Waals surface area (Å²) >= 11 is 0. The van der Waals surface area contributed by atoms with Gasteiger partial charge in [-0.3, -0.25) is 4.79 Å². The third-order valence-corrected chi connectivity index (χ3v) is 1.91. The Labute approximate surface area is 63.1 Å². The lowest BCUT2D eigenvalue weighted by atomic mass is 10.0. The van der Waals surface area contributed by atoms with Gasteiger partial charge in [0.25, 0.3) is 0 Å². The molecule has 0 spiro atoms. The minimum Gasteiger partial charge on any atom is -0.295 e. The van der Waals surface area contributed by atoms with Gasteiger partial charge in [0.15, 0.2) is 5.78 Å². The molecule has 0 aliphatic carbocycles. The standard InChI is InChI=1S/C9H16O/c1-5-7(3)8(4)9(10)6-2/h5-6H2,1-4H3/b8-7-. The highest BCUT2D eigenvalue weighted by molar-refractivity contribution is 5.95. The molecule has 0 bridgehead atoms. The summed E-state index contributed by atoms with van der Waals surface area (Å²) in [5, 5.41) is 0. The van der Waals surface area contributed by atoms with E-state index in [1.54, 1.807) is 0 Å². The van der Waals surface area contributed by atoms with E-state index in [9.17, 15) is 4.79 Å². The highest BCUT2D eigenvalue weighted by Crippen LogP contribution is 2.09. The SMILES string of the molecule is CCC(=O)/C(C)=C(/C)CC. The first-order chi connectivity index (χ1) is 4.63. The summed E-state index contributed by atoms with van der Waals surface area (Å²) < 4.78 is 0. The highest BCUT2D eigenvalue weighted by Gasteiger charge is 2.02. The Morgan fingerprint density at radius 1 is 1.10 bits per heavy atom. The van der Waals surface area contributed by atoms with E-state index in [0.717, 1.165) is 12.0 Å². The van der Waals surface area contributed by atoms with Crippen LogP contribution in [0.3, 0.4) is 0 Å². The van der Waals surface area contributed by atoms with Crippen LogP contribution in [0, 0.1) is 0 Å². The molecule has 0 aromatic heterocycles. The summed E-state index contributed by atoms with van der Waals surface area (Å²) in [6, 6.07) is 0. The first-order valence-corrected chi connectivity index (χ1v) is 3.83. The Morgan fingerprint density at radius 2 is 1.60 bits per heavy atom. The number of ketones is 1. The molecule has 1 heteroatoms. The Morgan fingerprint density at radius 3 is 1.90 bits per heavy atom. The zero-order chi connectivity index (χ0) is 8.15. The monoisotopic (exact) mass is 140 g/mol. The minimum absolute atomic E-state index is 0.277. The molecule has 0 rings (SSSR count). The van der Waals surface area contributed by atoms with Crippen LogP contribution in [0.4, 0.5) is 0 Å². The van der Waals surface area contributed by atoms with Crippen LogP contribution in [0.2, 0.25) is 0 Å². The van der Waals surface area contributed by atoms with Crippen molar-refractivity contribution in [1.82, 2.24) is 0 Å². The van der Waals surface area contributed by atoms with Crippen molar-refractivity contribution < 1.29 is 4.79 Å². The van der Waals surface area contributed by atoms with E-state index in [1.165, 1.54) is 5.57 Å². The fraction of sp³-hybridized carbons (Fsp3) is 0.667. The smallest absolute Gasteiger partial charge is 0.158 e. The molecular weight excluding hydrogens is 124 g/mol. The van der Waals surface area contributed by atoms with E-state index in [-0.39, 0.29) is 5.78 Å². The van der Waals surface area contributed by atoms with Crippen LogP contribution in [0.25, 0.3) is 0 Å². The third kappa shape index (κ3) is 2.34. The molecule has 0 saturated carbocycles. The number of hydrogen-bond donors (Lipinski definition) is 0. The Balaban J connectivity index is 4.30. The van der Waals surface area contributed by atoms with Gasteiger partial charge in [0.2, 0.25) is 0 Å². The molecule has 1 nitrogen and oxygen atoms in total. The number of carbonyl (C=O) groups is 1. The summed E-state index contributed by atoms with van der Waals surface area (Å²) in [6.07, 6.45) is 1.61. The van der Waals surface area contributed by atoms with Gasteiger partial charge in [-0.1, -0.05) is 19.4 Å². The number of allylic oxidation sites excluding steroid dienone is 2. The minimum atomic E-state index is 0.277. The van der Waals surface area contributed by atoms with Gasteiger partial charge in [-0.15, -0.1) is 0 Å². The maximum absolute atomic E-state index is 11.1. The lowest BCUT2D eigenvalue weighted by molar-refractivity contribution is -0.115. The van der Waals surface area contributed by atoms with Crippen molar-refractivity contribution in [2.75, 3.05) is 0 Å². The summed E-state index contributed by atoms with van der Waals surface area (Å²) in [6.45, 7) is 7.89. The van der Waals surface area contributed by atoms with Gasteiger partial charge in [0, 0.05) is 6.42 Å². The van der Waals surface area contributed by atoms with E-state index in [2.05, 4.69) is 6.92 Å². The number of Topliss-reactive ketones (excluding diaryl/α,β-unsaturated/α-hetero) is 1. The van der Waals surface area contributed by atoms with Gasteiger partial charge < -0.3 is 0 Å². The lowest BCUT2D eigenvalue weighted by Crippen LogP contribution is -1.98. The fourth-order valence-electron chi connectivity index (χ4n) is 0.768. The quantitative estimate of drug-likeness (QED) is 0.551. The van der Waals surface area contributed by atoms with Crippen molar-refractivity contribution in [3.8, 4) is 0 Å². The molecule has 0 N–H and O–H groups in total. The van der Waals surface area contributed by atoms with Crippen molar-refractivity contribution in [2.45, 2.75) is 40.5 Å². The molecule has 0 aliphatic heterocycles. The second kappa shape index (κ2) is 4.26. The van der Waals surface area contributed by atoms with Gasteiger partial charge in [-0.05, 0) is 25.8 Å². The highest BCUT2D eigenvalue weighted by atomic mass is 16.1. The van der Waals surface area contributed by atoms with Crippen LogP contribution in [-0.2, 0) is 4.79 Å². The van der Waals surface area contributed by atoms with Gasteiger partial charge >= 0.3 is 0 Å². The maximum atomic E-state index is 11.1. The maximum Gasteiger partial charge on any atom is 0.158 e. The van der Waals surface area contributed by atoms with Crippen LogP contribution >= 0.6 is 0 Å². The molecule has 0 aliphatic rings. The van der Waals surface area contributed by atoms with Crippen molar-refractivity contribution in [3.05, 3.63) is 11.1 Å². The van der Waals surface area contributed by atoms with Crippen LogP contribution in [0.5, 0.6) is 0 Å². The molecule has 0 aromatic rings. The normalized spacial score (nSPS) is 12.8. The molecule has 10 heavy (non-hydrogen) atoms. The van der Waals surface area contributed by atoms with Crippen LogP contribution in [0.15, 0.2) is 11.1 Å². The third-order valence-electron chi connectivity index (χ3n) is 1.91. The van der Waals surface area contributed by atoms with Crippen molar-refractivity contribution in [1.29, 1.82) is 0 Å². The van der Waals surface area contributed by atoms with Gasteiger partial charge in [-0.2, -0.15) is 0 Å². The fourth-order valence-corrected chi connectivity index (χ4v) is 0.768. The molecule has 0 atom stereocenters. The van der Waals surface area contributed by atoms with E-state index >= 15 is 0 Å². The summed E-state index contributed by atoms with van der Waals surface area (Å²) in [7, 11) is 0. The van der Waals surface area contributed by atoms with E-state index in [0.29, 0.717) is 6.42 Å². The average molecular weight is 140 g/mol. The summed E-state index contributed by atoms with van der Waals surface area (Å²) in [4.78, 5) is 11.1. The molecule has 0 heterocycles. The first kappa shape index (κ1) is 9.41. The summed E-state index contributed by atoms with van der Waals surface area (Å²) in [5.74, 6) is 0.277. The van der Waals surface area contributed by atoms with Gasteiger partial charge in [0.1, 0.15) is 0 Å². The predicted octanol–water partition coefficient (Wildman–Crippen LogP) is 2.71. The molecular formula is C9H16O. The second-order valence-corrected chi connectivity index (χ2v) is 2.54. The van der Waals surface area contributed by atoms with Crippen molar-refractivity contribution in [3.63, 3.8) is 0 Å². The Kier molecular flexibility index (Phi) is 4.01. The number of hydrogen-bond acceptors (Lipinski definition) is 1. The summed E-state index contributed by atoms with van der Waals surface area (Å²) in [5.41, 5.74) is 2.16. The van der Waals surface area contributed by atoms with Crippen molar-refractivity contribution in [2.24, 2.45) is 0 Å². The lowest BCUT2D eigenvalue weighted by Gasteiger charge is -2.01. The molecule has 0 fully saturated rings. The average Bonchev–Trinajstić information content (AvgIpc) is 2.00. The number of carbonyl (C=O) groups excluding carboxylic acids is 1.